The fourth-order valence-corrected chi connectivity index (χ4v) is 3.76. The van der Waals surface area contributed by atoms with Crippen molar-refractivity contribution < 1.29 is 0 Å². The van der Waals surface area contributed by atoms with Crippen LogP contribution in [0.15, 0.2) is 18.2 Å². The summed E-state index contributed by atoms with van der Waals surface area (Å²) < 4.78 is 2.97. The maximum absolute atomic E-state index is 6.35. The second-order valence-corrected chi connectivity index (χ2v) is 7.08. The number of H-pyrrole nitrogens is 1. The number of hydrogen-bond acceptors (Lipinski definition) is 1. The molecule has 1 saturated carbocycles. The molecule has 1 aromatic carbocycles. The third-order valence-electron chi connectivity index (χ3n) is 4.89. The molecule has 0 saturated heterocycles. The molecule has 3 rings (SSSR count). The molecule has 1 heterocycles. The van der Waals surface area contributed by atoms with Crippen LogP contribution in [0.2, 0.25) is 5.02 Å². The van der Waals surface area contributed by atoms with Crippen LogP contribution in [0, 0.1) is 15.6 Å². The summed E-state index contributed by atoms with van der Waals surface area (Å²) in [6, 6.07) is 6.29. The largest absolute Gasteiger partial charge is 0.331 e. The van der Waals surface area contributed by atoms with Crippen molar-refractivity contribution in [2.75, 3.05) is 0 Å². The van der Waals surface area contributed by atoms with Crippen molar-refractivity contribution in [3.63, 3.8) is 0 Å². The summed E-state index contributed by atoms with van der Waals surface area (Å²) in [5.74, 6) is 0. The summed E-state index contributed by atoms with van der Waals surface area (Å²) >= 11 is 11.8. The lowest BCUT2D eigenvalue weighted by atomic mass is 10.0. The first-order valence-corrected chi connectivity index (χ1v) is 6.96. The quantitative estimate of drug-likeness (QED) is 0.732. The lowest BCUT2D eigenvalue weighted by Crippen LogP contribution is -2.01. The van der Waals surface area contributed by atoms with Crippen molar-refractivity contribution >= 4 is 34.9 Å². The monoisotopic (exact) mass is 280 g/mol. The first kappa shape index (κ1) is 12.2. The van der Waals surface area contributed by atoms with Crippen LogP contribution < -0.4 is 0 Å². The second kappa shape index (κ2) is 3.40. The Bertz CT molecular complexity index is 679. The van der Waals surface area contributed by atoms with E-state index in [9.17, 15) is 0 Å². The number of halogens is 1. The topological polar surface area (TPSA) is 20.7 Å². The maximum Gasteiger partial charge on any atom is 0.178 e. The Morgan fingerprint density at radius 3 is 2.39 bits per heavy atom. The SMILES string of the molecule is CC1(C)C(n2c(=S)[nH]c3cccc(Cl)c32)C1(C)C. The van der Waals surface area contributed by atoms with Crippen LogP contribution >= 0.6 is 23.8 Å². The number of rotatable bonds is 1. The second-order valence-electron chi connectivity index (χ2n) is 6.28. The van der Waals surface area contributed by atoms with Gasteiger partial charge in [-0.3, -0.25) is 0 Å². The van der Waals surface area contributed by atoms with E-state index in [1.807, 2.05) is 18.2 Å². The molecule has 1 aliphatic carbocycles. The van der Waals surface area contributed by atoms with Crippen molar-refractivity contribution in [2.24, 2.45) is 10.8 Å². The van der Waals surface area contributed by atoms with E-state index in [1.54, 1.807) is 0 Å². The first-order valence-electron chi connectivity index (χ1n) is 6.17. The molecule has 0 atom stereocenters. The average Bonchev–Trinajstić information content (AvgIpc) is 2.54. The van der Waals surface area contributed by atoms with Gasteiger partial charge >= 0.3 is 0 Å². The van der Waals surface area contributed by atoms with E-state index in [1.165, 1.54) is 0 Å². The number of hydrogen-bond donors (Lipinski definition) is 1. The first-order chi connectivity index (χ1) is 8.28. The summed E-state index contributed by atoms with van der Waals surface area (Å²) in [5, 5.41) is 0.762. The maximum atomic E-state index is 6.35. The molecule has 96 valence electrons. The molecular weight excluding hydrogens is 264 g/mol. The van der Waals surface area contributed by atoms with E-state index in [0.29, 0.717) is 6.04 Å². The number of aromatic nitrogens is 2. The lowest BCUT2D eigenvalue weighted by molar-refractivity contribution is 0.457. The molecule has 1 N–H and O–H groups in total. The van der Waals surface area contributed by atoms with Gasteiger partial charge in [-0.15, -0.1) is 0 Å². The Kier molecular flexibility index (Phi) is 2.31. The number of fused-ring (bicyclic) bond motifs is 1. The zero-order valence-electron chi connectivity index (χ0n) is 11.0. The number of nitrogens with zero attached hydrogens (tertiary/aromatic N) is 1. The normalized spacial score (nSPS) is 21.4. The highest BCUT2D eigenvalue weighted by atomic mass is 35.5. The molecule has 0 amide bonds. The van der Waals surface area contributed by atoms with E-state index >= 15 is 0 Å². The number of benzene rings is 1. The van der Waals surface area contributed by atoms with Crippen LogP contribution in [0.4, 0.5) is 0 Å². The number of aromatic amines is 1. The molecule has 2 nitrogen and oxygen atoms in total. The van der Waals surface area contributed by atoms with Crippen LogP contribution in [-0.4, -0.2) is 9.55 Å². The molecular formula is C14H17ClN2S. The van der Waals surface area contributed by atoms with Crippen LogP contribution in [0.3, 0.4) is 0 Å². The lowest BCUT2D eigenvalue weighted by Gasteiger charge is -2.07. The fourth-order valence-electron chi connectivity index (χ4n) is 3.19. The third kappa shape index (κ3) is 1.32. The van der Waals surface area contributed by atoms with Gasteiger partial charge in [0.25, 0.3) is 0 Å². The highest BCUT2D eigenvalue weighted by Crippen LogP contribution is 2.71. The molecule has 0 unspecified atom stereocenters. The molecule has 1 aromatic heterocycles. The predicted octanol–water partition coefficient (Wildman–Crippen LogP) is 4.96. The Morgan fingerprint density at radius 2 is 1.83 bits per heavy atom. The molecule has 0 bridgehead atoms. The zero-order valence-corrected chi connectivity index (χ0v) is 12.6. The van der Waals surface area contributed by atoms with Gasteiger partial charge in [-0.2, -0.15) is 0 Å². The van der Waals surface area contributed by atoms with E-state index < -0.39 is 0 Å². The van der Waals surface area contributed by atoms with Crippen LogP contribution in [0.1, 0.15) is 33.7 Å². The minimum Gasteiger partial charge on any atom is -0.331 e. The van der Waals surface area contributed by atoms with Crippen molar-refractivity contribution in [3.8, 4) is 0 Å². The summed E-state index contributed by atoms with van der Waals surface area (Å²) in [6.45, 7) is 9.15. The van der Waals surface area contributed by atoms with Gasteiger partial charge in [-0.1, -0.05) is 45.4 Å². The van der Waals surface area contributed by atoms with Gasteiger partial charge < -0.3 is 9.55 Å². The molecule has 0 spiro atoms. The highest BCUT2D eigenvalue weighted by molar-refractivity contribution is 7.71. The molecule has 4 heteroatoms. The van der Waals surface area contributed by atoms with Crippen molar-refractivity contribution in [3.05, 3.63) is 28.0 Å². The van der Waals surface area contributed by atoms with Crippen molar-refractivity contribution in [1.29, 1.82) is 0 Å². The molecule has 2 aromatic rings. The van der Waals surface area contributed by atoms with E-state index in [2.05, 4.69) is 37.2 Å². The summed E-state index contributed by atoms with van der Waals surface area (Å²) in [5.41, 5.74) is 2.53. The summed E-state index contributed by atoms with van der Waals surface area (Å²) in [6.07, 6.45) is 0. The van der Waals surface area contributed by atoms with Gasteiger partial charge in [0.2, 0.25) is 0 Å². The smallest absolute Gasteiger partial charge is 0.178 e. The Hall–Kier alpha value is -0.800. The average molecular weight is 281 g/mol. The Morgan fingerprint density at radius 1 is 1.22 bits per heavy atom. The van der Waals surface area contributed by atoms with Crippen LogP contribution in [-0.2, 0) is 0 Å². The van der Waals surface area contributed by atoms with Gasteiger partial charge in [0.15, 0.2) is 4.77 Å². The number of nitrogens with one attached hydrogen (secondary N) is 1. The van der Waals surface area contributed by atoms with Crippen LogP contribution in [0.25, 0.3) is 11.0 Å². The standard InChI is InChI=1S/C14H17ClN2S/c1-13(2)11(14(13,3)4)17-10-8(15)6-5-7-9(10)16-12(17)18/h5-7,11H,1-4H3,(H,16,18). The predicted molar refractivity (Wildman–Crippen MR) is 78.7 cm³/mol. The Labute approximate surface area is 117 Å². The fraction of sp³-hybridized carbons (Fsp3) is 0.500. The minimum absolute atomic E-state index is 0.236. The molecule has 1 aliphatic rings. The highest BCUT2D eigenvalue weighted by Gasteiger charge is 2.66. The molecule has 0 radical (unpaired) electrons. The number of imidazole rings is 1. The molecule has 1 fully saturated rings. The zero-order chi connectivity index (χ0) is 13.3. The Balaban J connectivity index is 2.32. The van der Waals surface area contributed by atoms with Gasteiger partial charge in [-0.25, -0.2) is 0 Å². The third-order valence-corrected chi connectivity index (χ3v) is 5.49. The van der Waals surface area contributed by atoms with Gasteiger partial charge in [-0.05, 0) is 35.2 Å². The summed E-state index contributed by atoms with van der Waals surface area (Å²) in [7, 11) is 0. The van der Waals surface area contributed by atoms with Gasteiger partial charge in [0.1, 0.15) is 0 Å². The molecule has 18 heavy (non-hydrogen) atoms. The van der Waals surface area contributed by atoms with Gasteiger partial charge in [0, 0.05) is 6.04 Å². The van der Waals surface area contributed by atoms with Crippen LogP contribution in [0.5, 0.6) is 0 Å². The minimum atomic E-state index is 0.236. The molecule has 0 aliphatic heterocycles. The van der Waals surface area contributed by atoms with E-state index in [0.717, 1.165) is 20.8 Å². The van der Waals surface area contributed by atoms with E-state index in [-0.39, 0.29) is 10.8 Å². The van der Waals surface area contributed by atoms with Crippen molar-refractivity contribution in [2.45, 2.75) is 33.7 Å². The van der Waals surface area contributed by atoms with Crippen molar-refractivity contribution in [1.82, 2.24) is 9.55 Å². The van der Waals surface area contributed by atoms with Gasteiger partial charge in [0.05, 0.1) is 16.1 Å². The number of para-hydroxylation sites is 1. The van der Waals surface area contributed by atoms with E-state index in [4.69, 9.17) is 23.8 Å². The summed E-state index contributed by atoms with van der Waals surface area (Å²) in [4.78, 5) is 3.26.